The van der Waals surface area contributed by atoms with E-state index in [4.69, 9.17) is 16.3 Å². The van der Waals surface area contributed by atoms with Gasteiger partial charge in [-0.25, -0.2) is 4.79 Å². The zero-order chi connectivity index (χ0) is 24.4. The highest BCUT2D eigenvalue weighted by atomic mass is 35.5. The van der Waals surface area contributed by atoms with Crippen molar-refractivity contribution in [3.63, 3.8) is 0 Å². The van der Waals surface area contributed by atoms with Gasteiger partial charge in [0.05, 0.1) is 23.5 Å². The van der Waals surface area contributed by atoms with Gasteiger partial charge in [0, 0.05) is 28.5 Å². The summed E-state index contributed by atoms with van der Waals surface area (Å²) in [5.74, 6) is -0.208. The third kappa shape index (κ3) is 4.73. The highest BCUT2D eigenvalue weighted by Gasteiger charge is 2.29. The quantitative estimate of drug-likeness (QED) is 0.391. The van der Waals surface area contributed by atoms with Crippen molar-refractivity contribution >= 4 is 51.9 Å². The third-order valence-electron chi connectivity index (χ3n) is 6.01. The molecule has 2 heterocycles. The molecular formula is C27H25ClN4O3. The van der Waals surface area contributed by atoms with Crippen LogP contribution in [0.1, 0.15) is 23.6 Å². The molecule has 0 spiro atoms. The fourth-order valence-corrected chi connectivity index (χ4v) is 4.40. The van der Waals surface area contributed by atoms with Gasteiger partial charge in [0.2, 0.25) is 0 Å². The van der Waals surface area contributed by atoms with Crippen LogP contribution in [0.5, 0.6) is 0 Å². The number of amides is 2. The molecule has 3 aromatic carbocycles. The number of cyclic esters (lactones) is 1. The number of fused-ring (bicyclic) bond motifs is 1. The van der Waals surface area contributed by atoms with E-state index in [-0.39, 0.29) is 12.0 Å². The molecule has 1 saturated heterocycles. The normalized spacial score (nSPS) is 16.1. The van der Waals surface area contributed by atoms with Gasteiger partial charge in [0.25, 0.3) is 5.91 Å². The average molecular weight is 489 g/mol. The number of benzene rings is 3. The van der Waals surface area contributed by atoms with Crippen molar-refractivity contribution in [2.24, 2.45) is 0 Å². The molecule has 1 fully saturated rings. The summed E-state index contributed by atoms with van der Waals surface area (Å²) in [5.41, 5.74) is 6.23. The minimum Gasteiger partial charge on any atom is -0.447 e. The Morgan fingerprint density at radius 2 is 1.83 bits per heavy atom. The van der Waals surface area contributed by atoms with Crippen LogP contribution in [0.4, 0.5) is 21.9 Å². The van der Waals surface area contributed by atoms with Crippen LogP contribution in [-0.2, 0) is 16.1 Å². The predicted molar refractivity (Wildman–Crippen MR) is 139 cm³/mol. The number of anilines is 3. The molecule has 0 unspecified atom stereocenters. The van der Waals surface area contributed by atoms with Crippen LogP contribution in [0.15, 0.2) is 66.7 Å². The van der Waals surface area contributed by atoms with Gasteiger partial charge in [-0.2, -0.15) is 0 Å². The molecule has 0 saturated carbocycles. The first kappa shape index (κ1) is 23.0. The van der Waals surface area contributed by atoms with Crippen LogP contribution >= 0.6 is 11.6 Å². The highest BCUT2D eigenvalue weighted by Crippen LogP contribution is 2.39. The number of nitrogens with zero attached hydrogens (tertiary/aromatic N) is 1. The van der Waals surface area contributed by atoms with Gasteiger partial charge in [-0.05, 0) is 54.1 Å². The zero-order valence-electron chi connectivity index (χ0n) is 19.2. The van der Waals surface area contributed by atoms with Crippen LogP contribution in [0.25, 0.3) is 11.3 Å². The van der Waals surface area contributed by atoms with Crippen LogP contribution in [-0.4, -0.2) is 31.7 Å². The smallest absolute Gasteiger partial charge is 0.414 e. The Balaban J connectivity index is 1.54. The number of halogens is 1. The van der Waals surface area contributed by atoms with E-state index in [9.17, 15) is 9.59 Å². The first-order valence-corrected chi connectivity index (χ1v) is 11.9. The lowest BCUT2D eigenvalue weighted by atomic mass is 9.99. The number of ether oxygens (including phenoxy) is 1. The molecule has 0 aliphatic carbocycles. The number of carbonyl (C=O) groups is 2. The maximum absolute atomic E-state index is 13.1. The van der Waals surface area contributed by atoms with E-state index in [1.54, 1.807) is 17.0 Å². The highest BCUT2D eigenvalue weighted by molar-refractivity contribution is 6.38. The van der Waals surface area contributed by atoms with E-state index >= 15 is 0 Å². The maximum atomic E-state index is 13.1. The second-order valence-corrected chi connectivity index (χ2v) is 8.75. The minimum atomic E-state index is -0.354. The minimum absolute atomic E-state index is 0.208. The Morgan fingerprint density at radius 1 is 1.06 bits per heavy atom. The summed E-state index contributed by atoms with van der Waals surface area (Å²) >= 11 is 6.16. The lowest BCUT2D eigenvalue weighted by molar-refractivity contribution is -0.110. The van der Waals surface area contributed by atoms with E-state index in [1.165, 1.54) is 5.56 Å². The van der Waals surface area contributed by atoms with E-state index < -0.39 is 0 Å². The molecule has 7 nitrogen and oxygen atoms in total. The Bertz CT molecular complexity index is 1300. The zero-order valence-corrected chi connectivity index (χ0v) is 20.0. The fourth-order valence-electron chi connectivity index (χ4n) is 4.23. The van der Waals surface area contributed by atoms with Crippen molar-refractivity contribution in [2.45, 2.75) is 13.5 Å². The van der Waals surface area contributed by atoms with Gasteiger partial charge < -0.3 is 20.7 Å². The molecule has 35 heavy (non-hydrogen) atoms. The van der Waals surface area contributed by atoms with Gasteiger partial charge in [-0.15, -0.1) is 0 Å². The van der Waals surface area contributed by atoms with E-state index in [0.29, 0.717) is 35.1 Å². The van der Waals surface area contributed by atoms with E-state index in [2.05, 4.69) is 35.0 Å². The SMILES string of the molecule is CCNCc1ccc(N/C(=C2\C(=O)Nc3cc(Cl)ccc32)c2ccc(N3CCOC3=O)cc2)cc1. The van der Waals surface area contributed by atoms with Crippen LogP contribution in [0.3, 0.4) is 0 Å². The van der Waals surface area contributed by atoms with Crippen molar-refractivity contribution in [3.05, 3.63) is 88.4 Å². The molecule has 0 atom stereocenters. The van der Waals surface area contributed by atoms with Gasteiger partial charge in [0.15, 0.2) is 0 Å². The van der Waals surface area contributed by atoms with Gasteiger partial charge in [0.1, 0.15) is 6.61 Å². The van der Waals surface area contributed by atoms with Crippen LogP contribution < -0.4 is 20.9 Å². The molecule has 2 aliphatic rings. The third-order valence-corrected chi connectivity index (χ3v) is 6.24. The molecule has 3 N–H and O–H groups in total. The van der Waals surface area contributed by atoms with Crippen molar-refractivity contribution in [1.82, 2.24) is 5.32 Å². The Hall–Kier alpha value is -3.81. The van der Waals surface area contributed by atoms with Gasteiger partial charge in [-0.3, -0.25) is 9.69 Å². The second-order valence-electron chi connectivity index (χ2n) is 8.31. The topological polar surface area (TPSA) is 82.7 Å². The van der Waals surface area contributed by atoms with E-state index in [0.717, 1.165) is 35.6 Å². The number of hydrogen-bond donors (Lipinski definition) is 3. The van der Waals surface area contributed by atoms with Crippen molar-refractivity contribution < 1.29 is 14.3 Å². The fraction of sp³-hybridized carbons (Fsp3) is 0.185. The van der Waals surface area contributed by atoms with Crippen LogP contribution in [0.2, 0.25) is 5.02 Å². The Kier molecular flexibility index (Phi) is 6.44. The molecule has 8 heteroatoms. The van der Waals surface area contributed by atoms with Gasteiger partial charge >= 0.3 is 6.09 Å². The average Bonchev–Trinajstić information content (AvgIpc) is 3.43. The van der Waals surface area contributed by atoms with Crippen molar-refractivity contribution in [2.75, 3.05) is 35.2 Å². The molecule has 0 radical (unpaired) electrons. The number of carbonyl (C=O) groups excluding carboxylic acids is 2. The largest absolute Gasteiger partial charge is 0.447 e. The predicted octanol–water partition coefficient (Wildman–Crippen LogP) is 5.34. The molecule has 5 rings (SSSR count). The Labute approximate surface area is 208 Å². The number of hydrogen-bond acceptors (Lipinski definition) is 5. The number of rotatable bonds is 7. The molecular weight excluding hydrogens is 464 g/mol. The summed E-state index contributed by atoms with van der Waals surface area (Å²) in [6.07, 6.45) is -0.354. The summed E-state index contributed by atoms with van der Waals surface area (Å²) in [4.78, 5) is 26.7. The summed E-state index contributed by atoms with van der Waals surface area (Å²) in [6, 6.07) is 21.0. The molecule has 2 aliphatic heterocycles. The Morgan fingerprint density at radius 3 is 2.51 bits per heavy atom. The monoisotopic (exact) mass is 488 g/mol. The van der Waals surface area contributed by atoms with Gasteiger partial charge in [-0.1, -0.05) is 48.9 Å². The van der Waals surface area contributed by atoms with Crippen molar-refractivity contribution in [3.8, 4) is 0 Å². The molecule has 3 aromatic rings. The first-order chi connectivity index (χ1) is 17.0. The standard InChI is InChI=1S/C27H25ClN4O3/c1-2-29-16-17-3-8-20(9-4-17)30-25(24-22-12-7-19(28)15-23(22)31-26(24)33)18-5-10-21(11-6-18)32-13-14-35-27(32)34/h3-12,15,29-30H,2,13-14,16H2,1H3,(H,31,33)/b25-24-. The summed E-state index contributed by atoms with van der Waals surface area (Å²) in [6.45, 7) is 4.66. The molecule has 0 aromatic heterocycles. The first-order valence-electron chi connectivity index (χ1n) is 11.5. The lowest BCUT2D eigenvalue weighted by Gasteiger charge is -2.17. The summed E-state index contributed by atoms with van der Waals surface area (Å²) in [7, 11) is 0. The summed E-state index contributed by atoms with van der Waals surface area (Å²) < 4.78 is 5.05. The molecule has 0 bridgehead atoms. The second kappa shape index (κ2) is 9.82. The van der Waals surface area contributed by atoms with Crippen molar-refractivity contribution in [1.29, 1.82) is 0 Å². The molecule has 178 valence electrons. The lowest BCUT2D eigenvalue weighted by Crippen LogP contribution is -2.23. The van der Waals surface area contributed by atoms with E-state index in [1.807, 2.05) is 42.5 Å². The summed E-state index contributed by atoms with van der Waals surface area (Å²) in [5, 5.41) is 10.3. The number of nitrogens with one attached hydrogen (secondary N) is 3. The molecule has 2 amide bonds. The maximum Gasteiger partial charge on any atom is 0.414 e. The van der Waals surface area contributed by atoms with Crippen LogP contribution in [0, 0.1) is 0 Å².